The third-order valence-corrected chi connectivity index (χ3v) is 5.30. The highest BCUT2D eigenvalue weighted by Gasteiger charge is 2.14. The van der Waals surface area contributed by atoms with Crippen molar-refractivity contribution < 1.29 is 17.9 Å². The molecule has 0 saturated heterocycles. The molecule has 0 aromatic heterocycles. The summed E-state index contributed by atoms with van der Waals surface area (Å²) in [5.74, 6) is 0.163. The van der Waals surface area contributed by atoms with Gasteiger partial charge in [-0.1, -0.05) is 42.1 Å². The van der Waals surface area contributed by atoms with Crippen molar-refractivity contribution in [2.75, 3.05) is 11.9 Å². The Morgan fingerprint density at radius 2 is 1.81 bits per heavy atom. The highest BCUT2D eigenvalue weighted by Crippen LogP contribution is 2.25. The Hall–Kier alpha value is -1.90. The van der Waals surface area contributed by atoms with E-state index in [0.717, 1.165) is 30.2 Å². The zero-order valence-corrected chi connectivity index (χ0v) is 17.5. The summed E-state index contributed by atoms with van der Waals surface area (Å²) < 4.78 is 29.2. The molecule has 2 rings (SSSR count). The van der Waals surface area contributed by atoms with Crippen molar-refractivity contribution in [3.8, 4) is 5.75 Å². The van der Waals surface area contributed by atoms with Crippen molar-refractivity contribution in [1.29, 1.82) is 0 Å². The number of nitrogens with two attached hydrogens (primary N) is 1. The van der Waals surface area contributed by atoms with Crippen LogP contribution in [0, 0.1) is 0 Å². The number of primary sulfonamides is 1. The molecule has 0 radical (unpaired) electrons. The van der Waals surface area contributed by atoms with E-state index in [4.69, 9.17) is 9.88 Å². The number of sulfonamides is 1. The lowest BCUT2D eigenvalue weighted by molar-refractivity contribution is 0.102. The summed E-state index contributed by atoms with van der Waals surface area (Å²) in [5.41, 5.74) is 0.858. The Labute approximate surface area is 168 Å². The monoisotopic (exact) mass is 454 g/mol. The van der Waals surface area contributed by atoms with Crippen molar-refractivity contribution in [2.45, 2.75) is 37.5 Å². The predicted molar refractivity (Wildman–Crippen MR) is 110 cm³/mol. The third kappa shape index (κ3) is 6.64. The summed E-state index contributed by atoms with van der Waals surface area (Å²) in [6.07, 6.45) is 4.33. The second-order valence-electron chi connectivity index (χ2n) is 6.07. The van der Waals surface area contributed by atoms with E-state index in [2.05, 4.69) is 28.2 Å². The number of hydrogen-bond donors (Lipinski definition) is 2. The molecule has 146 valence electrons. The number of hydrogen-bond acceptors (Lipinski definition) is 4. The molecule has 0 heterocycles. The van der Waals surface area contributed by atoms with Gasteiger partial charge in [0.05, 0.1) is 17.1 Å². The fourth-order valence-electron chi connectivity index (χ4n) is 2.44. The van der Waals surface area contributed by atoms with Crippen molar-refractivity contribution >= 4 is 37.5 Å². The van der Waals surface area contributed by atoms with Crippen molar-refractivity contribution in [2.24, 2.45) is 5.14 Å². The molecule has 3 N–H and O–H groups in total. The van der Waals surface area contributed by atoms with Crippen LogP contribution in [-0.2, 0) is 10.0 Å². The van der Waals surface area contributed by atoms with Gasteiger partial charge in [0, 0.05) is 10.2 Å². The number of ether oxygens (including phenoxy) is 1. The molecule has 6 nitrogen and oxygen atoms in total. The van der Waals surface area contributed by atoms with Crippen LogP contribution in [-0.4, -0.2) is 20.9 Å². The summed E-state index contributed by atoms with van der Waals surface area (Å²) >= 11 is 3.37. The minimum absolute atomic E-state index is 0.0148. The molecule has 0 bridgehead atoms. The fourth-order valence-corrected chi connectivity index (χ4v) is 3.32. The Morgan fingerprint density at radius 1 is 1.11 bits per heavy atom. The smallest absolute Gasteiger partial charge is 0.259 e. The van der Waals surface area contributed by atoms with Gasteiger partial charge in [-0.25, -0.2) is 13.6 Å². The van der Waals surface area contributed by atoms with Crippen LogP contribution >= 0.6 is 15.9 Å². The molecule has 0 unspecified atom stereocenters. The molecule has 0 spiro atoms. The molecule has 0 aliphatic heterocycles. The maximum Gasteiger partial charge on any atom is 0.259 e. The molecule has 2 aromatic rings. The molecule has 2 aromatic carbocycles. The molecule has 27 heavy (non-hydrogen) atoms. The fraction of sp³-hybridized carbons (Fsp3) is 0.316. The zero-order chi connectivity index (χ0) is 19.9. The Bertz CT molecular complexity index is 883. The van der Waals surface area contributed by atoms with Crippen LogP contribution in [0.4, 0.5) is 5.69 Å². The summed E-state index contributed by atoms with van der Waals surface area (Å²) in [6.45, 7) is 2.69. The second kappa shape index (κ2) is 9.87. The van der Waals surface area contributed by atoms with Gasteiger partial charge in [0.15, 0.2) is 0 Å². The quantitative estimate of drug-likeness (QED) is 0.551. The van der Waals surface area contributed by atoms with E-state index in [-0.39, 0.29) is 10.8 Å². The van der Waals surface area contributed by atoms with Crippen molar-refractivity contribution in [3.05, 3.63) is 52.5 Å². The highest BCUT2D eigenvalue weighted by molar-refractivity contribution is 9.10. The van der Waals surface area contributed by atoms with E-state index in [1.807, 2.05) is 6.07 Å². The SMILES string of the molecule is CCCCCCOc1ccc(Br)cc1C(=O)Nc1ccc(S(N)(=O)=O)cc1. The Kier molecular flexibility index (Phi) is 7.82. The van der Waals surface area contributed by atoms with E-state index >= 15 is 0 Å². The first-order valence-corrected chi connectivity index (χ1v) is 11.0. The average molecular weight is 455 g/mol. The first-order valence-electron chi connectivity index (χ1n) is 8.68. The molecule has 0 atom stereocenters. The van der Waals surface area contributed by atoms with Crippen LogP contribution in [0.5, 0.6) is 5.75 Å². The topological polar surface area (TPSA) is 98.5 Å². The largest absolute Gasteiger partial charge is 0.493 e. The maximum absolute atomic E-state index is 12.6. The number of rotatable bonds is 9. The molecular weight excluding hydrogens is 432 g/mol. The van der Waals surface area contributed by atoms with E-state index in [1.165, 1.54) is 24.3 Å². The van der Waals surface area contributed by atoms with Crippen LogP contribution in [0.1, 0.15) is 43.0 Å². The summed E-state index contributed by atoms with van der Waals surface area (Å²) in [4.78, 5) is 12.6. The van der Waals surface area contributed by atoms with Gasteiger partial charge < -0.3 is 10.1 Å². The summed E-state index contributed by atoms with van der Waals surface area (Å²) in [7, 11) is -3.77. The average Bonchev–Trinajstić information content (AvgIpc) is 2.62. The van der Waals surface area contributed by atoms with Crippen LogP contribution in [0.15, 0.2) is 51.8 Å². The summed E-state index contributed by atoms with van der Waals surface area (Å²) in [5, 5.41) is 7.82. The number of carbonyl (C=O) groups is 1. The lowest BCUT2D eigenvalue weighted by Crippen LogP contribution is -2.15. The molecule has 0 fully saturated rings. The molecule has 8 heteroatoms. The number of benzene rings is 2. The van der Waals surface area contributed by atoms with Gasteiger partial charge in [-0.05, 0) is 48.9 Å². The van der Waals surface area contributed by atoms with Crippen LogP contribution in [0.25, 0.3) is 0 Å². The van der Waals surface area contributed by atoms with Gasteiger partial charge in [0.1, 0.15) is 5.75 Å². The number of anilines is 1. The zero-order valence-electron chi connectivity index (χ0n) is 15.1. The Morgan fingerprint density at radius 3 is 2.44 bits per heavy atom. The molecule has 0 saturated carbocycles. The Balaban J connectivity index is 2.09. The number of amides is 1. The first kappa shape index (κ1) is 21.4. The second-order valence-corrected chi connectivity index (χ2v) is 8.55. The lowest BCUT2D eigenvalue weighted by atomic mass is 10.1. The minimum Gasteiger partial charge on any atom is -0.493 e. The normalized spacial score (nSPS) is 11.2. The highest BCUT2D eigenvalue weighted by atomic mass is 79.9. The van der Waals surface area contributed by atoms with Gasteiger partial charge in [0.25, 0.3) is 5.91 Å². The minimum atomic E-state index is -3.77. The molecule has 0 aliphatic rings. The van der Waals surface area contributed by atoms with Gasteiger partial charge >= 0.3 is 0 Å². The van der Waals surface area contributed by atoms with Gasteiger partial charge in [0.2, 0.25) is 10.0 Å². The van der Waals surface area contributed by atoms with Crippen LogP contribution < -0.4 is 15.2 Å². The van der Waals surface area contributed by atoms with Gasteiger partial charge in [-0.3, -0.25) is 4.79 Å². The number of unbranched alkanes of at least 4 members (excludes halogenated alkanes) is 3. The molecular formula is C19H23BrN2O4S. The predicted octanol–water partition coefficient (Wildman–Crippen LogP) is 4.31. The maximum atomic E-state index is 12.6. The number of nitrogens with one attached hydrogen (secondary N) is 1. The number of carbonyl (C=O) groups excluding carboxylic acids is 1. The third-order valence-electron chi connectivity index (χ3n) is 3.88. The van der Waals surface area contributed by atoms with Crippen molar-refractivity contribution in [3.63, 3.8) is 0 Å². The number of halogens is 1. The van der Waals surface area contributed by atoms with E-state index < -0.39 is 10.0 Å². The first-order chi connectivity index (χ1) is 12.8. The van der Waals surface area contributed by atoms with Crippen LogP contribution in [0.3, 0.4) is 0 Å². The lowest BCUT2D eigenvalue weighted by Gasteiger charge is -2.12. The molecule has 0 aliphatic carbocycles. The summed E-state index contributed by atoms with van der Waals surface area (Å²) in [6, 6.07) is 10.9. The molecule has 1 amide bonds. The van der Waals surface area contributed by atoms with E-state index in [9.17, 15) is 13.2 Å². The van der Waals surface area contributed by atoms with Gasteiger partial charge in [-0.2, -0.15) is 0 Å². The van der Waals surface area contributed by atoms with Crippen LogP contribution in [0.2, 0.25) is 0 Å². The standard InChI is InChI=1S/C19H23BrN2O4S/c1-2-3-4-5-12-26-18-11-6-14(20)13-17(18)19(23)22-15-7-9-16(10-8-15)27(21,24)25/h6-11,13H,2-5,12H2,1H3,(H,22,23)(H2,21,24,25). The van der Waals surface area contributed by atoms with Gasteiger partial charge in [-0.15, -0.1) is 0 Å². The van der Waals surface area contributed by atoms with E-state index in [0.29, 0.717) is 23.6 Å². The van der Waals surface area contributed by atoms with E-state index in [1.54, 1.807) is 12.1 Å². The van der Waals surface area contributed by atoms with Crippen molar-refractivity contribution in [1.82, 2.24) is 0 Å².